The van der Waals surface area contributed by atoms with Crippen molar-refractivity contribution in [2.45, 2.75) is 6.92 Å². The van der Waals surface area contributed by atoms with E-state index in [1.807, 2.05) is 0 Å². The average molecular weight is 695 g/mol. The van der Waals surface area contributed by atoms with E-state index in [0.29, 0.717) is 0 Å². The van der Waals surface area contributed by atoms with Crippen LogP contribution in [0.15, 0.2) is 152 Å². The molecule has 0 amide bonds. The van der Waals surface area contributed by atoms with E-state index in [-0.39, 0.29) is 39.7 Å². The zero-order valence-corrected chi connectivity index (χ0v) is 29.8. The predicted octanol–water partition coefficient (Wildman–Crippen LogP) is 11.8. The molecule has 7 aromatic carbocycles. The first-order chi connectivity index (χ1) is 19.3. The van der Waals surface area contributed by atoms with E-state index in [1.54, 1.807) is 0 Å². The number of hydrogen-bond acceptors (Lipinski definition) is 0. The number of benzene rings is 5. The summed E-state index contributed by atoms with van der Waals surface area (Å²) < 4.78 is 0. The molecule has 0 aliphatic rings. The Labute approximate surface area is 286 Å². The van der Waals surface area contributed by atoms with E-state index in [9.17, 15) is 0 Å². The minimum atomic E-state index is 0. The van der Waals surface area contributed by atoms with E-state index in [4.69, 9.17) is 0 Å². The van der Waals surface area contributed by atoms with Gasteiger partial charge in [-0.05, 0) is 11.1 Å². The summed E-state index contributed by atoms with van der Waals surface area (Å²) in [6.07, 6.45) is 0. The molecule has 0 aliphatic heterocycles. The minimum absolute atomic E-state index is 0. The van der Waals surface area contributed by atoms with E-state index in [2.05, 4.69) is 165 Å². The normalized spacial score (nSPS) is 9.40. The second kappa shape index (κ2) is 18.6. The average Bonchev–Trinajstić information content (AvgIpc) is 3.63. The second-order valence-electron chi connectivity index (χ2n) is 9.49. The smallest absolute Gasteiger partial charge is 0.0259 e. The van der Waals surface area contributed by atoms with Crippen LogP contribution in [0.25, 0.3) is 54.9 Å². The van der Waals surface area contributed by atoms with Crippen LogP contribution in [-0.4, -0.2) is 6.88 Å². The van der Waals surface area contributed by atoms with Gasteiger partial charge in [0.2, 0.25) is 0 Å². The molecule has 0 heterocycles. The van der Waals surface area contributed by atoms with Crippen LogP contribution in [0.2, 0.25) is 0 Å². The number of hydrogen-bond donors (Lipinski definition) is 0. The molecule has 0 atom stereocenters. The van der Waals surface area contributed by atoms with Crippen molar-refractivity contribution >= 4 is 53.2 Å². The molecule has 0 unspecified atom stereocenters. The summed E-state index contributed by atoms with van der Waals surface area (Å²) in [5.41, 5.74) is 9.08. The molecule has 0 nitrogen and oxygen atoms in total. The number of rotatable bonds is 3. The van der Waals surface area contributed by atoms with Crippen LogP contribution in [0.4, 0.5) is 0 Å². The third-order valence-electron chi connectivity index (χ3n) is 6.92. The molecule has 0 spiro atoms. The predicted molar refractivity (Wildman–Crippen MR) is 193 cm³/mol. The molecule has 4 heteroatoms. The van der Waals surface area contributed by atoms with Crippen molar-refractivity contribution in [3.8, 4) is 33.4 Å². The van der Waals surface area contributed by atoms with Gasteiger partial charge in [0.05, 0.1) is 0 Å². The van der Waals surface area contributed by atoms with Crippen molar-refractivity contribution in [2.75, 3.05) is 0 Å². The molecule has 0 bridgehead atoms. The van der Waals surface area contributed by atoms with Crippen LogP contribution in [0.1, 0.15) is 5.56 Å². The zero-order chi connectivity index (χ0) is 27.0. The second-order valence-corrected chi connectivity index (χ2v) is 9.49. The van der Waals surface area contributed by atoms with Crippen molar-refractivity contribution in [3.05, 3.63) is 172 Å². The molecular weight excluding hydrogens is 659 g/mol. The Bertz CT molecular complexity index is 1790. The maximum Gasteiger partial charge on any atom is -0.0259 e. The first-order valence-electron chi connectivity index (χ1n) is 13.0. The minimum Gasteiger partial charge on any atom is -0.144 e. The topological polar surface area (TPSA) is 0 Å². The van der Waals surface area contributed by atoms with Gasteiger partial charge in [-0.3, -0.25) is 0 Å². The molecule has 218 valence electrons. The largest absolute Gasteiger partial charge is 0.144 e. The summed E-state index contributed by atoms with van der Waals surface area (Å²) >= 11 is 1.36. The van der Waals surface area contributed by atoms with Gasteiger partial charge in [0.15, 0.2) is 0 Å². The summed E-state index contributed by atoms with van der Waals surface area (Å²) in [5.74, 6) is 0. The molecule has 43 heavy (non-hydrogen) atoms. The summed E-state index contributed by atoms with van der Waals surface area (Å²) in [6, 6.07) is 53.8. The van der Waals surface area contributed by atoms with E-state index >= 15 is 0 Å². The Morgan fingerprint density at radius 2 is 0.860 bits per heavy atom. The van der Waals surface area contributed by atoms with Gasteiger partial charge in [-0.1, -0.05) is 133 Å². The van der Waals surface area contributed by atoms with Gasteiger partial charge in [0.1, 0.15) is 0 Å². The maximum atomic E-state index is 3.06. The fourth-order valence-corrected chi connectivity index (χ4v) is 5.16. The van der Waals surface area contributed by atoms with Crippen molar-refractivity contribution in [1.29, 1.82) is 0 Å². The van der Waals surface area contributed by atoms with Gasteiger partial charge in [-0.15, -0.1) is 93.9 Å². The number of halogens is 2. The Balaban J connectivity index is 0.000000383. The van der Waals surface area contributed by atoms with Crippen molar-refractivity contribution < 1.29 is 23.3 Å². The van der Waals surface area contributed by atoms with Gasteiger partial charge < -0.3 is 14.9 Å². The van der Waals surface area contributed by atoms with Crippen LogP contribution < -0.4 is 0 Å². The zero-order valence-electron chi connectivity index (χ0n) is 24.8. The maximum absolute atomic E-state index is 3.06. The Hall–Kier alpha value is -3.00. The first kappa shape index (κ1) is 38.0. The first-order valence-corrected chi connectivity index (χ1v) is 17.2. The van der Waals surface area contributed by atoms with Gasteiger partial charge in [0, 0.05) is 0 Å². The van der Waals surface area contributed by atoms with Crippen LogP contribution in [0.3, 0.4) is 0 Å². The van der Waals surface area contributed by atoms with Gasteiger partial charge in [-0.2, -0.15) is 6.07 Å². The van der Waals surface area contributed by atoms with Crippen molar-refractivity contribution in [3.63, 3.8) is 0 Å². The molecule has 2 radical (unpaired) electrons. The SMILES string of the molecule is Cc1cc2c(-c3ccccc3)cccc2[cH-]1.Cl.Cl.[CH3-].[CH3-].[Si]=[Zr].c1ccc(-c2cc3c(-c4ccccc4)cccc3[cH-]2)cc1. The van der Waals surface area contributed by atoms with Crippen molar-refractivity contribution in [1.82, 2.24) is 0 Å². The molecule has 0 N–H and O–H groups in total. The molecule has 0 fully saturated rings. The summed E-state index contributed by atoms with van der Waals surface area (Å²) in [5, 5.41) is 5.31. The number of aryl methyl sites for hydroxylation is 1. The van der Waals surface area contributed by atoms with Gasteiger partial charge >= 0.3 is 30.2 Å². The standard InChI is InChI=1S/C21H15.C16H13.2CH3.2ClH.Si.Zr/c1-3-8-16(9-4-1)19-14-18-12-7-13-20(21(18)15-19)17-10-5-2-6-11-17;1-12-10-14-8-5-9-15(16(14)11-12)13-6-3-2-4-7-13;;;;;;/h1-15H;2-11H,1H3;2*1H3;2*1H;;/q4*-1;;;;. The summed E-state index contributed by atoms with van der Waals surface area (Å²) in [7, 11) is 0. The Morgan fingerprint density at radius 1 is 0.465 bits per heavy atom. The molecule has 0 aromatic heterocycles. The van der Waals surface area contributed by atoms with Crippen LogP contribution in [0, 0.1) is 21.8 Å². The monoisotopic (exact) mass is 692 g/mol. The van der Waals surface area contributed by atoms with E-state index in [1.165, 1.54) is 83.8 Å². The third-order valence-corrected chi connectivity index (χ3v) is 6.92. The van der Waals surface area contributed by atoms with Crippen LogP contribution in [0.5, 0.6) is 0 Å². The quantitative estimate of drug-likeness (QED) is 0.128. The van der Waals surface area contributed by atoms with Gasteiger partial charge in [-0.25, -0.2) is 0 Å². The van der Waals surface area contributed by atoms with Crippen LogP contribution >= 0.6 is 24.8 Å². The molecule has 7 rings (SSSR count). The van der Waals surface area contributed by atoms with Gasteiger partial charge in [0.25, 0.3) is 0 Å². The molecule has 0 saturated heterocycles. The van der Waals surface area contributed by atoms with Crippen LogP contribution in [-0.2, 0) is 23.3 Å². The number of fused-ring (bicyclic) bond motifs is 2. The molecule has 7 aromatic rings. The third kappa shape index (κ3) is 9.01. The molecule has 0 aliphatic carbocycles. The van der Waals surface area contributed by atoms with E-state index in [0.717, 1.165) is 0 Å². The molecular formula is C39H36Cl2SiZr-4. The Kier molecular flexibility index (Phi) is 16.5. The fraction of sp³-hybridized carbons (Fsp3) is 0.0256. The molecule has 0 saturated carbocycles. The summed E-state index contributed by atoms with van der Waals surface area (Å²) in [6.45, 7) is 5.21. The Morgan fingerprint density at radius 3 is 1.33 bits per heavy atom. The summed E-state index contributed by atoms with van der Waals surface area (Å²) in [4.78, 5) is 0. The fourth-order valence-electron chi connectivity index (χ4n) is 5.16. The van der Waals surface area contributed by atoms with Crippen molar-refractivity contribution in [2.24, 2.45) is 0 Å². The van der Waals surface area contributed by atoms with E-state index < -0.39 is 0 Å².